The Morgan fingerprint density at radius 2 is 0.899 bits per heavy atom. The molecule has 10 saturated carbocycles. The molecule has 0 aromatic carbocycles. The third-order valence-corrected chi connectivity index (χ3v) is 29.8. The van der Waals surface area contributed by atoms with Gasteiger partial charge in [0.1, 0.15) is 0 Å². The van der Waals surface area contributed by atoms with Gasteiger partial charge < -0.3 is 19.7 Å². The zero-order valence-corrected chi connectivity index (χ0v) is 79.7. The Hall–Kier alpha value is -1.88. The number of hydrogen-bond donors (Lipinski definition) is 2. The zero-order valence-electron chi connectivity index (χ0n) is 78.9. The van der Waals surface area contributed by atoms with Crippen LogP contribution < -0.4 is 0 Å². The lowest BCUT2D eigenvalue weighted by molar-refractivity contribution is -0.0382. The summed E-state index contributed by atoms with van der Waals surface area (Å²) in [6, 6.07) is 7.10. The normalized spacial score (nSPS) is 29.6. The number of hydrogen-bond acceptors (Lipinski definition) is 9. The lowest BCUT2D eigenvalue weighted by Gasteiger charge is -2.45. The van der Waals surface area contributed by atoms with Gasteiger partial charge >= 0.3 is 0 Å². The summed E-state index contributed by atoms with van der Waals surface area (Å²) in [5.74, 6) is 7.88. The number of sulfone groups is 1. The van der Waals surface area contributed by atoms with Crippen molar-refractivity contribution in [3.8, 4) is 18.2 Å². The number of aliphatic hydroxyl groups is 2. The third kappa shape index (κ3) is 37.9. The number of aliphatic hydroxyl groups excluding tert-OH is 2. The fourth-order valence-corrected chi connectivity index (χ4v) is 19.6. The predicted molar refractivity (Wildman–Crippen MR) is 462 cm³/mol. The first-order valence-electron chi connectivity index (χ1n) is 43.8. The van der Waals surface area contributed by atoms with Crippen LogP contribution >= 0.6 is 0 Å². The number of halogens is 2. The number of nitrogens with zero attached hydrogens (tertiary/aromatic N) is 3. The molecule has 109 heavy (non-hydrogen) atoms. The SMILES string of the molecule is CC(C)(C)C1(C#N)CC1.CC(C)(C)C1(CO)CC1.CC(C)(C)C1CC(C#N)C1.CC(C)(C)C1CC(C(F)F)C1.CC(C)(C)C1CC(O)C1.CC(C)(C)C1CCS(=O)(=O)C1.CC(C)(C)CC1(C#N)CC1.CC(C)(C)CC1(C)CCC1.CC1CCC1C(C)(C)C.COC1CC(C(C)(C)C)C1.COCC1CCC1C(C)(C)C. The van der Waals surface area contributed by atoms with Gasteiger partial charge in [0.25, 0.3) is 0 Å². The second-order valence-corrected chi connectivity index (χ2v) is 51.7. The minimum atomic E-state index is -2.68. The number of alkyl halides is 2. The minimum absolute atomic E-state index is 0.00854. The molecular formula is C97H183F2N3O6S. The van der Waals surface area contributed by atoms with E-state index in [4.69, 9.17) is 35.5 Å². The topological polar surface area (TPSA) is 164 Å². The Kier molecular flexibility index (Phi) is 39.5. The summed E-state index contributed by atoms with van der Waals surface area (Å²) in [5.41, 5.74) is 5.25. The van der Waals surface area contributed by atoms with Crippen molar-refractivity contribution in [1.29, 1.82) is 15.8 Å². The quantitative estimate of drug-likeness (QED) is 0.252. The van der Waals surface area contributed by atoms with Gasteiger partial charge in [0.05, 0.1) is 52.8 Å². The molecule has 0 aromatic rings. The van der Waals surface area contributed by atoms with E-state index in [1.165, 1.54) is 77.0 Å². The largest absolute Gasteiger partial charge is 0.396 e. The van der Waals surface area contributed by atoms with Crippen molar-refractivity contribution in [2.45, 2.75) is 415 Å². The van der Waals surface area contributed by atoms with Gasteiger partial charge in [-0.05, 0) is 265 Å². The van der Waals surface area contributed by atoms with Crippen molar-refractivity contribution in [2.75, 3.05) is 38.9 Å². The first-order chi connectivity index (χ1) is 48.8. The van der Waals surface area contributed by atoms with Crippen LogP contribution in [0.3, 0.4) is 0 Å². The van der Waals surface area contributed by atoms with Crippen molar-refractivity contribution < 1.29 is 36.9 Å². The van der Waals surface area contributed by atoms with Gasteiger partial charge in [-0.2, -0.15) is 15.8 Å². The van der Waals surface area contributed by atoms with Crippen LogP contribution in [-0.2, 0) is 19.3 Å². The van der Waals surface area contributed by atoms with E-state index < -0.39 is 16.3 Å². The molecule has 0 bridgehead atoms. The Bertz CT molecular complexity index is 2830. The molecule has 5 atom stereocenters. The fourth-order valence-electron chi connectivity index (χ4n) is 17.5. The number of methoxy groups -OCH3 is 2. The van der Waals surface area contributed by atoms with E-state index in [0.29, 0.717) is 90.7 Å². The van der Waals surface area contributed by atoms with Gasteiger partial charge in [-0.1, -0.05) is 255 Å². The van der Waals surface area contributed by atoms with Gasteiger partial charge in [-0.15, -0.1) is 0 Å². The highest BCUT2D eigenvalue weighted by molar-refractivity contribution is 7.91. The first kappa shape index (κ1) is 105. The maximum absolute atomic E-state index is 12.0. The standard InChI is InChI=1S/C10H20O.C10H20.C9H16F2.2C9H15N.C9H18O.C9H18.C8H13N.C8H16O2S.2C8H16O/c1-10(2,3)9-6-5-8(9)7-11-4;1-9(2,3)8-10(4)6-5-7-10;1-9(2,3)7-4-6(5-7)8(10)11;1-9(2,3)8-4-7(5-8)6-10;1-8(2,3)6-9(7-10)4-5-9;1-9(2,3)7-5-8(6-7)10-4;1-7-5-6-8(7)9(2,3)4;1-7(2,3)8(6-9)4-5-8;1-8(2,3)7-4-5-11(9,10)6-7;1-8(2,3)6-4-7(9)5-6;1-7(2,3)8(6-9)4-5-8/h8-9H,5-7H2,1-4H3;5-8H2,1-4H3;6-8H,4-5H2,1-3H3;7-8H,4-5H2,1-3H3;4-6H2,1-3H3;7-8H,5-6H2,1-4H3;7-8H,5-6H2,1-4H3;4-5H2,1-3H3;7H,4-6H2,1-3H3;6-7,9H,4-5H2,1-3H3;9H,4-6H2,1-3H3. The van der Waals surface area contributed by atoms with Crippen LogP contribution in [0.2, 0.25) is 0 Å². The van der Waals surface area contributed by atoms with Crippen molar-refractivity contribution in [3.05, 3.63) is 0 Å². The fraction of sp³-hybridized carbons (Fsp3) is 0.969. The van der Waals surface area contributed by atoms with E-state index in [-0.39, 0.29) is 44.5 Å². The van der Waals surface area contributed by atoms with E-state index in [1.807, 2.05) is 7.11 Å². The Morgan fingerprint density at radius 3 is 1.06 bits per heavy atom. The van der Waals surface area contributed by atoms with Crippen molar-refractivity contribution in [1.82, 2.24) is 0 Å². The molecule has 1 aliphatic heterocycles. The summed E-state index contributed by atoms with van der Waals surface area (Å²) in [6.45, 7) is 80.0. The number of rotatable bonds is 7. The minimum Gasteiger partial charge on any atom is -0.396 e. The molecule has 5 unspecified atom stereocenters. The van der Waals surface area contributed by atoms with Crippen LogP contribution in [0.1, 0.15) is 396 Å². The van der Waals surface area contributed by atoms with E-state index in [1.54, 1.807) is 7.11 Å². The van der Waals surface area contributed by atoms with Gasteiger partial charge in [0.2, 0.25) is 6.43 Å². The zero-order chi connectivity index (χ0) is 85.4. The lowest BCUT2D eigenvalue weighted by Crippen LogP contribution is -2.38. The van der Waals surface area contributed by atoms with Crippen LogP contribution in [0, 0.1) is 180 Å². The Balaban J connectivity index is 0.000000600. The second-order valence-electron chi connectivity index (χ2n) is 49.5. The van der Waals surface area contributed by atoms with Gasteiger partial charge in [-0.3, -0.25) is 0 Å². The van der Waals surface area contributed by atoms with Gasteiger partial charge in [0.15, 0.2) is 9.84 Å². The molecule has 12 heteroatoms. The maximum atomic E-state index is 12.0. The van der Waals surface area contributed by atoms with Crippen LogP contribution in [0.25, 0.3) is 0 Å². The molecule has 0 amide bonds. The van der Waals surface area contributed by atoms with Crippen molar-refractivity contribution >= 4 is 9.84 Å². The van der Waals surface area contributed by atoms with Crippen LogP contribution in [0.5, 0.6) is 0 Å². The van der Waals surface area contributed by atoms with Crippen LogP contribution in [0.4, 0.5) is 8.78 Å². The highest BCUT2D eigenvalue weighted by atomic mass is 32.2. The summed E-state index contributed by atoms with van der Waals surface area (Å²) >= 11 is 0. The Labute approximate surface area is 677 Å². The van der Waals surface area contributed by atoms with Crippen molar-refractivity contribution in [3.63, 3.8) is 0 Å². The number of ether oxygens (including phenoxy) is 2. The Morgan fingerprint density at radius 1 is 0.486 bits per heavy atom. The molecule has 11 aliphatic rings. The molecule has 0 spiro atoms. The summed E-state index contributed by atoms with van der Waals surface area (Å²) in [6.07, 6.45) is 27.0. The average molecular weight is 1560 g/mol. The third-order valence-electron chi connectivity index (χ3n) is 28.0. The maximum Gasteiger partial charge on any atom is 0.241 e. The second kappa shape index (κ2) is 41.0. The summed E-state index contributed by atoms with van der Waals surface area (Å²) in [5, 5.41) is 44.0. The molecule has 11 fully saturated rings. The van der Waals surface area contributed by atoms with Crippen molar-refractivity contribution in [2.24, 2.45) is 146 Å². The van der Waals surface area contributed by atoms with Gasteiger partial charge in [-0.25, -0.2) is 17.2 Å². The smallest absolute Gasteiger partial charge is 0.241 e. The van der Waals surface area contributed by atoms with Gasteiger partial charge in [0, 0.05) is 39.3 Å². The lowest BCUT2D eigenvalue weighted by atomic mass is 9.62. The molecule has 2 N–H and O–H groups in total. The molecule has 11 rings (SSSR count). The van der Waals surface area contributed by atoms with E-state index in [0.717, 1.165) is 125 Å². The summed E-state index contributed by atoms with van der Waals surface area (Å²) in [7, 11) is 0.934. The molecular weight excluding hydrogens is 1370 g/mol. The van der Waals surface area contributed by atoms with E-state index in [2.05, 4.69) is 261 Å². The van der Waals surface area contributed by atoms with E-state index in [9.17, 15) is 17.2 Å². The summed E-state index contributed by atoms with van der Waals surface area (Å²) in [4.78, 5) is 0. The van der Waals surface area contributed by atoms with Crippen LogP contribution in [0.15, 0.2) is 0 Å². The highest BCUT2D eigenvalue weighted by Crippen LogP contribution is 2.59. The van der Waals surface area contributed by atoms with E-state index >= 15 is 0 Å². The number of nitriles is 3. The molecule has 1 heterocycles. The molecule has 642 valence electrons. The average Bonchev–Trinajstić information content (AvgIpc) is 1.64. The molecule has 0 aromatic heterocycles. The molecule has 0 radical (unpaired) electrons. The molecule has 10 aliphatic carbocycles. The highest BCUT2D eigenvalue weighted by Gasteiger charge is 2.53. The summed E-state index contributed by atoms with van der Waals surface area (Å²) < 4.78 is 56.6. The predicted octanol–water partition coefficient (Wildman–Crippen LogP) is 27.9. The monoisotopic (exact) mass is 1560 g/mol. The van der Waals surface area contributed by atoms with Crippen LogP contribution in [-0.4, -0.2) is 76.2 Å². The molecule has 9 nitrogen and oxygen atoms in total. The first-order valence-corrected chi connectivity index (χ1v) is 45.6. The molecule has 1 saturated heterocycles.